The van der Waals surface area contributed by atoms with E-state index >= 15 is 0 Å². The third kappa shape index (κ3) is 3.16. The Bertz CT molecular complexity index is 776. The third-order valence-electron chi connectivity index (χ3n) is 4.70. The van der Waals surface area contributed by atoms with Gasteiger partial charge in [-0.1, -0.05) is 35.3 Å². The molecular formula is C19H19Cl2NO2. The summed E-state index contributed by atoms with van der Waals surface area (Å²) in [5.41, 5.74) is 4.08. The van der Waals surface area contributed by atoms with E-state index in [1.807, 2.05) is 43.4 Å². The van der Waals surface area contributed by atoms with Crippen LogP contribution in [-0.4, -0.2) is 20.1 Å². The van der Waals surface area contributed by atoms with Gasteiger partial charge in [-0.05, 0) is 60.8 Å². The summed E-state index contributed by atoms with van der Waals surface area (Å²) in [5.74, 6) is -0.0737. The minimum Gasteiger partial charge on any atom is -0.465 e. The molecule has 5 heteroatoms. The van der Waals surface area contributed by atoms with Gasteiger partial charge in [0.05, 0.1) is 22.7 Å². The molecule has 0 amide bonds. The van der Waals surface area contributed by atoms with Crippen molar-refractivity contribution in [1.82, 2.24) is 5.32 Å². The van der Waals surface area contributed by atoms with Crippen LogP contribution in [0.25, 0.3) is 0 Å². The van der Waals surface area contributed by atoms with E-state index in [1.165, 1.54) is 12.7 Å². The molecule has 0 heterocycles. The molecule has 0 fully saturated rings. The van der Waals surface area contributed by atoms with Crippen molar-refractivity contribution < 1.29 is 9.53 Å². The highest BCUT2D eigenvalue weighted by atomic mass is 35.5. The van der Waals surface area contributed by atoms with E-state index in [-0.39, 0.29) is 17.9 Å². The highest BCUT2D eigenvalue weighted by Crippen LogP contribution is 2.42. The fourth-order valence-electron chi connectivity index (χ4n) is 3.46. The molecule has 0 spiro atoms. The predicted molar refractivity (Wildman–Crippen MR) is 97.1 cm³/mol. The largest absolute Gasteiger partial charge is 0.465 e. The lowest BCUT2D eigenvalue weighted by Crippen LogP contribution is -2.25. The second kappa shape index (κ2) is 7.14. The maximum absolute atomic E-state index is 11.9. The molecule has 0 aliphatic heterocycles. The Morgan fingerprint density at radius 2 is 1.88 bits per heavy atom. The van der Waals surface area contributed by atoms with Crippen molar-refractivity contribution in [3.63, 3.8) is 0 Å². The van der Waals surface area contributed by atoms with Gasteiger partial charge in [0.1, 0.15) is 0 Å². The Hall–Kier alpha value is -1.55. The van der Waals surface area contributed by atoms with Crippen LogP contribution in [0.2, 0.25) is 10.0 Å². The SMILES string of the molecule is CN[C@H]1CCC(c2ccc(Cl)c(Cl)c2)c2ccc(C(=O)OC)cc21. The van der Waals surface area contributed by atoms with Crippen molar-refractivity contribution >= 4 is 29.2 Å². The first kappa shape index (κ1) is 17.3. The molecule has 3 rings (SSSR count). The van der Waals surface area contributed by atoms with Crippen molar-refractivity contribution in [1.29, 1.82) is 0 Å². The zero-order valence-electron chi connectivity index (χ0n) is 13.6. The second-order valence-corrected chi connectivity index (χ2v) is 6.79. The van der Waals surface area contributed by atoms with E-state index in [0.29, 0.717) is 15.6 Å². The number of carbonyl (C=O) groups is 1. The molecule has 1 unspecified atom stereocenters. The van der Waals surface area contributed by atoms with E-state index in [2.05, 4.69) is 5.32 Å². The van der Waals surface area contributed by atoms with Gasteiger partial charge in [-0.25, -0.2) is 4.79 Å². The number of hydrogen-bond acceptors (Lipinski definition) is 3. The summed E-state index contributed by atoms with van der Waals surface area (Å²) in [6, 6.07) is 11.8. The molecule has 0 aromatic heterocycles. The smallest absolute Gasteiger partial charge is 0.337 e. The van der Waals surface area contributed by atoms with Crippen LogP contribution in [0.1, 0.15) is 51.8 Å². The molecule has 1 aliphatic rings. The molecule has 0 saturated heterocycles. The summed E-state index contributed by atoms with van der Waals surface area (Å²) in [4.78, 5) is 11.9. The number of rotatable bonds is 3. The lowest BCUT2D eigenvalue weighted by molar-refractivity contribution is 0.0600. The van der Waals surface area contributed by atoms with Crippen LogP contribution in [0.3, 0.4) is 0 Å². The van der Waals surface area contributed by atoms with Crippen LogP contribution in [0, 0.1) is 0 Å². The molecule has 1 N–H and O–H groups in total. The minimum absolute atomic E-state index is 0.226. The van der Waals surface area contributed by atoms with Gasteiger partial charge in [0.25, 0.3) is 0 Å². The molecule has 2 aromatic rings. The summed E-state index contributed by atoms with van der Waals surface area (Å²) >= 11 is 12.2. The minimum atomic E-state index is -0.315. The molecule has 0 saturated carbocycles. The first-order valence-electron chi connectivity index (χ1n) is 7.89. The Labute approximate surface area is 151 Å². The number of esters is 1. The van der Waals surface area contributed by atoms with E-state index in [4.69, 9.17) is 27.9 Å². The normalized spacial score (nSPS) is 19.7. The molecule has 0 bridgehead atoms. The van der Waals surface area contributed by atoms with Crippen molar-refractivity contribution in [3.05, 3.63) is 68.7 Å². The number of methoxy groups -OCH3 is 1. The quantitative estimate of drug-likeness (QED) is 0.782. The zero-order valence-corrected chi connectivity index (χ0v) is 15.1. The molecule has 1 aliphatic carbocycles. The van der Waals surface area contributed by atoms with Crippen LogP contribution in [0.4, 0.5) is 0 Å². The van der Waals surface area contributed by atoms with E-state index in [1.54, 1.807) is 0 Å². The number of benzene rings is 2. The van der Waals surface area contributed by atoms with Gasteiger partial charge in [-0.2, -0.15) is 0 Å². The second-order valence-electron chi connectivity index (χ2n) is 5.98. The van der Waals surface area contributed by atoms with Crippen LogP contribution in [-0.2, 0) is 4.74 Å². The average molecular weight is 364 g/mol. The van der Waals surface area contributed by atoms with E-state index in [9.17, 15) is 4.79 Å². The lowest BCUT2D eigenvalue weighted by atomic mass is 9.76. The summed E-state index contributed by atoms with van der Waals surface area (Å²) in [7, 11) is 3.34. The molecule has 24 heavy (non-hydrogen) atoms. The molecule has 3 nitrogen and oxygen atoms in total. The van der Waals surface area contributed by atoms with Gasteiger partial charge in [0.2, 0.25) is 0 Å². The Kier molecular flexibility index (Phi) is 5.14. The monoisotopic (exact) mass is 363 g/mol. The average Bonchev–Trinajstić information content (AvgIpc) is 2.62. The highest BCUT2D eigenvalue weighted by molar-refractivity contribution is 6.42. The van der Waals surface area contributed by atoms with Crippen molar-refractivity contribution in [3.8, 4) is 0 Å². The van der Waals surface area contributed by atoms with Gasteiger partial charge in [-0.15, -0.1) is 0 Å². The van der Waals surface area contributed by atoms with Crippen molar-refractivity contribution in [2.45, 2.75) is 24.8 Å². The number of ether oxygens (including phenoxy) is 1. The molecular weight excluding hydrogens is 345 g/mol. The van der Waals surface area contributed by atoms with Gasteiger partial charge in [0, 0.05) is 12.0 Å². The van der Waals surface area contributed by atoms with Crippen LogP contribution in [0.15, 0.2) is 36.4 Å². The standard InChI is InChI=1S/C19H19Cl2NO2/c1-22-18-8-6-13(11-4-7-16(20)17(21)10-11)14-5-3-12(9-15(14)18)19(23)24-2/h3-5,7,9-10,13,18,22H,6,8H2,1-2H3/t13?,18-/m0/s1. The maximum Gasteiger partial charge on any atom is 0.337 e. The highest BCUT2D eigenvalue weighted by Gasteiger charge is 2.28. The molecule has 0 radical (unpaired) electrons. The van der Waals surface area contributed by atoms with Gasteiger partial charge < -0.3 is 10.1 Å². The Morgan fingerprint density at radius 3 is 2.54 bits per heavy atom. The number of halogens is 2. The predicted octanol–water partition coefficient (Wildman–Crippen LogP) is 4.97. The fraction of sp³-hybridized carbons (Fsp3) is 0.316. The number of hydrogen-bond donors (Lipinski definition) is 1. The molecule has 126 valence electrons. The summed E-state index contributed by atoms with van der Waals surface area (Å²) < 4.78 is 4.85. The van der Waals surface area contributed by atoms with Gasteiger partial charge in [0.15, 0.2) is 0 Å². The number of fused-ring (bicyclic) bond motifs is 1. The third-order valence-corrected chi connectivity index (χ3v) is 5.44. The molecule has 2 aromatic carbocycles. The van der Waals surface area contributed by atoms with E-state index in [0.717, 1.165) is 24.0 Å². The zero-order chi connectivity index (χ0) is 17.3. The maximum atomic E-state index is 11.9. The first-order valence-corrected chi connectivity index (χ1v) is 8.65. The lowest BCUT2D eigenvalue weighted by Gasteiger charge is -2.32. The van der Waals surface area contributed by atoms with Crippen LogP contribution < -0.4 is 5.32 Å². The van der Waals surface area contributed by atoms with E-state index < -0.39 is 0 Å². The number of nitrogens with one attached hydrogen (secondary N) is 1. The molecule has 2 atom stereocenters. The van der Waals surface area contributed by atoms with Crippen molar-refractivity contribution in [2.75, 3.05) is 14.2 Å². The van der Waals surface area contributed by atoms with Gasteiger partial charge >= 0.3 is 5.97 Å². The summed E-state index contributed by atoms with van der Waals surface area (Å²) in [6.07, 6.45) is 1.99. The fourth-order valence-corrected chi connectivity index (χ4v) is 3.76. The summed E-state index contributed by atoms with van der Waals surface area (Å²) in [6.45, 7) is 0. The van der Waals surface area contributed by atoms with Gasteiger partial charge in [-0.3, -0.25) is 0 Å². The summed E-state index contributed by atoms with van der Waals surface area (Å²) in [5, 5.41) is 4.47. The number of carbonyl (C=O) groups excluding carboxylic acids is 1. The topological polar surface area (TPSA) is 38.3 Å². The van der Waals surface area contributed by atoms with Crippen LogP contribution >= 0.6 is 23.2 Å². The van der Waals surface area contributed by atoms with Crippen LogP contribution in [0.5, 0.6) is 0 Å². The first-order chi connectivity index (χ1) is 11.5. The van der Waals surface area contributed by atoms with Crippen molar-refractivity contribution in [2.24, 2.45) is 0 Å². The Morgan fingerprint density at radius 1 is 1.08 bits per heavy atom. The Balaban J connectivity index is 2.07.